The van der Waals surface area contributed by atoms with Crippen LogP contribution in [0.15, 0.2) is 0 Å². The van der Waals surface area contributed by atoms with Crippen molar-refractivity contribution >= 4 is 23.7 Å². The van der Waals surface area contributed by atoms with Crippen LogP contribution in [0, 0.1) is 0 Å². The second-order valence-corrected chi connectivity index (χ2v) is 3.30. The molecule has 6 nitrogen and oxygen atoms in total. The summed E-state index contributed by atoms with van der Waals surface area (Å²) in [4.78, 5) is 24.3. The molecule has 0 aromatic heterocycles. The first-order valence-corrected chi connectivity index (χ1v) is 5.43. The number of hydrogen-bond acceptors (Lipinski definition) is 6. The number of esters is 2. The van der Waals surface area contributed by atoms with Gasteiger partial charge in [0, 0.05) is 19.4 Å². The van der Waals surface area contributed by atoms with Crippen LogP contribution in [0.5, 0.6) is 0 Å². The van der Waals surface area contributed by atoms with E-state index in [0.717, 1.165) is 0 Å². The number of halogens is 1. The van der Waals surface area contributed by atoms with Gasteiger partial charge in [-0.3, -0.25) is 9.59 Å². The Morgan fingerprint density at radius 3 is 2.19 bits per heavy atom. The monoisotopic (exact) mass is 252 g/mol. The maximum Gasteiger partial charge on any atom is 0.308 e. The molecule has 0 unspecified atom stereocenters. The minimum atomic E-state index is -0.418. The van der Waals surface area contributed by atoms with Gasteiger partial charge >= 0.3 is 11.9 Å². The lowest BCUT2D eigenvalue weighted by atomic mass is 10.3. The Balaban J connectivity index is 3.36. The van der Waals surface area contributed by atoms with Crippen molar-refractivity contribution in [2.75, 3.05) is 19.9 Å². The minimum absolute atomic E-state index is 0.236. The van der Waals surface area contributed by atoms with Crippen molar-refractivity contribution in [3.05, 3.63) is 0 Å². The van der Waals surface area contributed by atoms with Crippen LogP contribution in [0.3, 0.4) is 0 Å². The Bertz CT molecular complexity index is 214. The Labute approximate surface area is 99.5 Å². The fourth-order valence-corrected chi connectivity index (χ4v) is 0.985. The van der Waals surface area contributed by atoms with Crippen molar-refractivity contribution in [3.8, 4) is 0 Å². The Morgan fingerprint density at radius 2 is 1.69 bits per heavy atom. The summed E-state index contributed by atoms with van der Waals surface area (Å²) in [5.41, 5.74) is 5.21. The molecule has 0 saturated heterocycles. The zero-order chi connectivity index (χ0) is 12.2. The van der Waals surface area contributed by atoms with Gasteiger partial charge in [-0.2, -0.15) is 0 Å². The first-order chi connectivity index (χ1) is 7.70. The smallest absolute Gasteiger partial charge is 0.308 e. The summed E-state index contributed by atoms with van der Waals surface area (Å²) in [6.45, 7) is 0.615. The van der Waals surface area contributed by atoms with Crippen LogP contribution < -0.4 is 10.6 Å². The number of carbonyl (C=O) groups excluding carboxylic acids is 2. The van der Waals surface area contributed by atoms with Gasteiger partial charge in [0.05, 0.1) is 0 Å². The molecule has 0 aromatic rings. The summed E-state index contributed by atoms with van der Waals surface area (Å²) in [6.07, 6.45) is 1.61. The second-order valence-electron chi connectivity index (χ2n) is 3.03. The molecule has 0 aliphatic rings. The maximum absolute atomic E-state index is 11.0. The zero-order valence-electron chi connectivity index (χ0n) is 9.04. The van der Waals surface area contributed by atoms with Crippen molar-refractivity contribution in [3.63, 3.8) is 0 Å². The van der Waals surface area contributed by atoms with Gasteiger partial charge in [0.25, 0.3) is 0 Å². The third-order valence-corrected chi connectivity index (χ3v) is 1.87. The molecule has 0 heterocycles. The summed E-state index contributed by atoms with van der Waals surface area (Å²) < 4.78 is 9.30. The first kappa shape index (κ1) is 15.2. The van der Waals surface area contributed by atoms with E-state index in [4.69, 9.17) is 17.5 Å². The van der Waals surface area contributed by atoms with Gasteiger partial charge in [0.1, 0.15) is 0 Å². The highest BCUT2D eigenvalue weighted by molar-refractivity contribution is 6.13. The highest BCUT2D eigenvalue weighted by Gasteiger charge is 2.05. The highest BCUT2D eigenvalue weighted by Crippen LogP contribution is 1.95. The summed E-state index contributed by atoms with van der Waals surface area (Å²) in [7, 11) is 0. The number of nitrogens with two attached hydrogens (primary N) is 1. The molecule has 0 aliphatic carbocycles. The highest BCUT2D eigenvalue weighted by atomic mass is 35.5. The van der Waals surface area contributed by atoms with E-state index in [1.165, 1.54) is 0 Å². The van der Waals surface area contributed by atoms with E-state index < -0.39 is 11.9 Å². The molecule has 0 radical (unpaired) electrons. The van der Waals surface area contributed by atoms with E-state index in [2.05, 4.69) is 14.3 Å². The summed E-state index contributed by atoms with van der Waals surface area (Å²) >= 11 is 5.20. The van der Waals surface area contributed by atoms with Crippen LogP contribution >= 0.6 is 11.8 Å². The maximum atomic E-state index is 11.0. The fourth-order valence-electron chi connectivity index (χ4n) is 0.851. The molecular weight excluding hydrogens is 236 g/mol. The van der Waals surface area contributed by atoms with Gasteiger partial charge in [0.15, 0.2) is 0 Å². The number of nitrogens with one attached hydrogen (secondary N) is 1. The van der Waals surface area contributed by atoms with E-state index in [0.29, 0.717) is 25.9 Å². The molecule has 0 aliphatic heterocycles. The van der Waals surface area contributed by atoms with Crippen molar-refractivity contribution in [1.29, 1.82) is 0 Å². The lowest BCUT2D eigenvalue weighted by Gasteiger charge is -2.05. The third-order valence-electron chi connectivity index (χ3n) is 1.68. The summed E-state index contributed by atoms with van der Waals surface area (Å²) in [5.74, 6) is -0.834. The second kappa shape index (κ2) is 10.7. The van der Waals surface area contributed by atoms with Crippen LogP contribution in [-0.2, 0) is 19.1 Å². The third kappa shape index (κ3) is 9.70. The average molecular weight is 253 g/mol. The van der Waals surface area contributed by atoms with E-state index >= 15 is 0 Å². The van der Waals surface area contributed by atoms with E-state index in [-0.39, 0.29) is 19.6 Å². The number of ether oxygens (including phenoxy) is 2. The Hall–Kier alpha value is -0.850. The van der Waals surface area contributed by atoms with Crippen molar-refractivity contribution in [1.82, 2.24) is 4.84 Å². The van der Waals surface area contributed by atoms with E-state index in [9.17, 15) is 9.59 Å². The van der Waals surface area contributed by atoms with Gasteiger partial charge in [-0.05, 0) is 31.2 Å². The molecule has 0 rings (SSSR count). The molecule has 0 amide bonds. The standard InChI is InChI=1S/C9H17ClN2O4/c10-12-6-2-4-9(14)16-7-15-8(13)3-1-5-11/h12H,1-7,11H2. The number of carbonyl (C=O) groups is 2. The lowest BCUT2D eigenvalue weighted by molar-refractivity contribution is -0.167. The number of rotatable bonds is 9. The number of hydrogen-bond donors (Lipinski definition) is 2. The molecule has 7 heteroatoms. The molecule has 94 valence electrons. The molecular formula is C9H17ClN2O4. The zero-order valence-corrected chi connectivity index (χ0v) is 9.79. The van der Waals surface area contributed by atoms with Crippen LogP contribution in [0.25, 0.3) is 0 Å². The molecule has 0 fully saturated rings. The Kier molecular flexibility index (Phi) is 10.1. The van der Waals surface area contributed by atoms with Gasteiger partial charge < -0.3 is 15.2 Å². The predicted octanol–water partition coefficient (Wildman–Crippen LogP) is 0.293. The normalized spacial score (nSPS) is 9.88. The molecule has 3 N–H and O–H groups in total. The van der Waals surface area contributed by atoms with Crippen molar-refractivity contribution in [2.45, 2.75) is 25.7 Å². The van der Waals surface area contributed by atoms with Crippen LogP contribution in [0.2, 0.25) is 0 Å². The SMILES string of the molecule is NCCCC(=O)OCOC(=O)CCCNCl. The molecule has 0 spiro atoms. The van der Waals surface area contributed by atoms with Gasteiger partial charge in [-0.25, -0.2) is 4.84 Å². The largest absolute Gasteiger partial charge is 0.428 e. The summed E-state index contributed by atoms with van der Waals surface area (Å²) in [6, 6.07) is 0. The quantitative estimate of drug-likeness (QED) is 0.265. The Morgan fingerprint density at radius 1 is 1.12 bits per heavy atom. The topological polar surface area (TPSA) is 90.7 Å². The fraction of sp³-hybridized carbons (Fsp3) is 0.778. The van der Waals surface area contributed by atoms with Crippen molar-refractivity contribution in [2.24, 2.45) is 5.73 Å². The van der Waals surface area contributed by atoms with Crippen LogP contribution in [0.1, 0.15) is 25.7 Å². The average Bonchev–Trinajstić information content (AvgIpc) is 2.26. The molecule has 0 atom stereocenters. The molecule has 16 heavy (non-hydrogen) atoms. The minimum Gasteiger partial charge on any atom is -0.428 e. The summed E-state index contributed by atoms with van der Waals surface area (Å²) in [5, 5.41) is 0. The van der Waals surface area contributed by atoms with Gasteiger partial charge in [-0.1, -0.05) is 0 Å². The van der Waals surface area contributed by atoms with E-state index in [1.54, 1.807) is 0 Å². The van der Waals surface area contributed by atoms with Gasteiger partial charge in [0.2, 0.25) is 6.79 Å². The van der Waals surface area contributed by atoms with Gasteiger partial charge in [-0.15, -0.1) is 0 Å². The molecule has 0 bridgehead atoms. The predicted molar refractivity (Wildman–Crippen MR) is 58.4 cm³/mol. The molecule has 0 aromatic carbocycles. The van der Waals surface area contributed by atoms with E-state index in [1.807, 2.05) is 0 Å². The van der Waals surface area contributed by atoms with Crippen LogP contribution in [-0.4, -0.2) is 31.8 Å². The lowest BCUT2D eigenvalue weighted by Crippen LogP contribution is -2.14. The van der Waals surface area contributed by atoms with Crippen molar-refractivity contribution < 1.29 is 19.1 Å². The molecule has 0 saturated carbocycles. The van der Waals surface area contributed by atoms with Crippen LogP contribution in [0.4, 0.5) is 0 Å². The first-order valence-electron chi connectivity index (χ1n) is 5.05.